The van der Waals surface area contributed by atoms with Gasteiger partial charge < -0.3 is 15.0 Å². The van der Waals surface area contributed by atoms with Crippen LogP contribution in [0.4, 0.5) is 10.1 Å². The molecule has 2 aromatic rings. The summed E-state index contributed by atoms with van der Waals surface area (Å²) in [7, 11) is -2.47. The lowest BCUT2D eigenvalue weighted by Gasteiger charge is -2.32. The fraction of sp³-hybridized carbons (Fsp3) is 0.417. The predicted molar refractivity (Wildman–Crippen MR) is 130 cm³/mol. The van der Waals surface area contributed by atoms with Crippen molar-refractivity contribution in [3.05, 3.63) is 59.4 Å². The van der Waals surface area contributed by atoms with Crippen LogP contribution in [0.25, 0.3) is 0 Å². The van der Waals surface area contributed by atoms with E-state index in [1.54, 1.807) is 45.9 Å². The van der Waals surface area contributed by atoms with Crippen LogP contribution in [0.15, 0.2) is 42.5 Å². The van der Waals surface area contributed by atoms with Crippen LogP contribution in [0, 0.1) is 12.7 Å². The number of anilines is 1. The lowest BCUT2D eigenvalue weighted by atomic mass is 10.1. The molecule has 34 heavy (non-hydrogen) atoms. The van der Waals surface area contributed by atoms with Crippen molar-refractivity contribution in [3.63, 3.8) is 0 Å². The number of halogens is 1. The second-order valence-electron chi connectivity index (χ2n) is 8.43. The van der Waals surface area contributed by atoms with E-state index in [0.29, 0.717) is 11.3 Å². The van der Waals surface area contributed by atoms with E-state index < -0.39 is 34.3 Å². The molecule has 0 radical (unpaired) electrons. The maximum absolute atomic E-state index is 13.5. The van der Waals surface area contributed by atoms with Gasteiger partial charge in [-0.1, -0.05) is 18.2 Å². The molecular formula is C24H32FN3O5S. The molecule has 0 saturated heterocycles. The van der Waals surface area contributed by atoms with E-state index in [1.165, 1.54) is 36.3 Å². The number of hydrogen-bond donors (Lipinski definition) is 1. The van der Waals surface area contributed by atoms with Gasteiger partial charge in [-0.3, -0.25) is 13.9 Å². The molecule has 1 N–H and O–H groups in total. The first-order valence-electron chi connectivity index (χ1n) is 10.8. The summed E-state index contributed by atoms with van der Waals surface area (Å²) >= 11 is 0. The largest absolute Gasteiger partial charge is 0.495 e. The molecule has 0 aliphatic carbocycles. The van der Waals surface area contributed by atoms with Crippen LogP contribution in [-0.2, 0) is 26.2 Å². The second-order valence-corrected chi connectivity index (χ2v) is 10.3. The van der Waals surface area contributed by atoms with Crippen molar-refractivity contribution in [1.82, 2.24) is 10.2 Å². The highest BCUT2D eigenvalue weighted by Crippen LogP contribution is 2.31. The molecule has 0 aromatic heterocycles. The van der Waals surface area contributed by atoms with Crippen molar-refractivity contribution in [1.29, 1.82) is 0 Å². The third kappa shape index (κ3) is 7.18. The Hall–Kier alpha value is -3.14. The number of sulfonamides is 1. The summed E-state index contributed by atoms with van der Waals surface area (Å²) in [6.07, 6.45) is 1.00. The van der Waals surface area contributed by atoms with Crippen LogP contribution < -0.4 is 14.4 Å². The van der Waals surface area contributed by atoms with Crippen LogP contribution in [0.2, 0.25) is 0 Å². The molecule has 186 valence electrons. The molecule has 1 unspecified atom stereocenters. The molecule has 0 saturated carbocycles. The number of nitrogens with zero attached hydrogens (tertiary/aromatic N) is 2. The number of rotatable bonds is 10. The normalized spacial score (nSPS) is 12.2. The number of benzene rings is 2. The maximum atomic E-state index is 13.5. The Bertz CT molecular complexity index is 1120. The van der Waals surface area contributed by atoms with Crippen molar-refractivity contribution in [2.75, 3.05) is 24.2 Å². The Labute approximate surface area is 200 Å². The fourth-order valence-corrected chi connectivity index (χ4v) is 4.21. The van der Waals surface area contributed by atoms with E-state index in [9.17, 15) is 22.4 Å². The van der Waals surface area contributed by atoms with E-state index in [0.717, 1.165) is 16.1 Å². The maximum Gasteiger partial charge on any atom is 0.244 e. The van der Waals surface area contributed by atoms with Crippen LogP contribution in [0.1, 0.15) is 31.9 Å². The van der Waals surface area contributed by atoms with Crippen molar-refractivity contribution in [2.24, 2.45) is 0 Å². The summed E-state index contributed by atoms with van der Waals surface area (Å²) < 4.78 is 45.1. The number of nitrogens with one attached hydrogen (secondary N) is 1. The quantitative estimate of drug-likeness (QED) is 0.549. The van der Waals surface area contributed by atoms with Crippen LogP contribution in [0.5, 0.6) is 5.75 Å². The first-order chi connectivity index (χ1) is 15.8. The molecule has 0 bridgehead atoms. The molecule has 2 rings (SSSR count). The van der Waals surface area contributed by atoms with E-state index in [2.05, 4.69) is 5.32 Å². The summed E-state index contributed by atoms with van der Waals surface area (Å²) in [5.74, 6) is -1.12. The second kappa shape index (κ2) is 11.3. The molecule has 1 atom stereocenters. The van der Waals surface area contributed by atoms with Crippen molar-refractivity contribution < 1.29 is 27.1 Å². The topological polar surface area (TPSA) is 96.0 Å². The zero-order chi connectivity index (χ0) is 25.6. The Morgan fingerprint density at radius 2 is 1.71 bits per heavy atom. The monoisotopic (exact) mass is 493 g/mol. The molecule has 10 heteroatoms. The molecule has 0 fully saturated rings. The van der Waals surface area contributed by atoms with Gasteiger partial charge >= 0.3 is 0 Å². The minimum Gasteiger partial charge on any atom is -0.495 e. The highest BCUT2D eigenvalue weighted by Gasteiger charge is 2.31. The van der Waals surface area contributed by atoms with Crippen molar-refractivity contribution >= 4 is 27.5 Å². The zero-order valence-corrected chi connectivity index (χ0v) is 21.1. The molecule has 0 spiro atoms. The average molecular weight is 494 g/mol. The van der Waals surface area contributed by atoms with Gasteiger partial charge in [-0.25, -0.2) is 12.8 Å². The van der Waals surface area contributed by atoms with Gasteiger partial charge in [0.25, 0.3) is 0 Å². The predicted octanol–water partition coefficient (Wildman–Crippen LogP) is 2.85. The van der Waals surface area contributed by atoms with Gasteiger partial charge in [0.1, 0.15) is 24.2 Å². The molecule has 8 nitrogen and oxygen atoms in total. The van der Waals surface area contributed by atoms with Crippen LogP contribution in [0.3, 0.4) is 0 Å². The lowest BCUT2D eigenvalue weighted by Crippen LogP contribution is -2.52. The number of ether oxygens (including phenoxy) is 1. The average Bonchev–Trinajstić information content (AvgIpc) is 2.75. The number of carbonyl (C=O) groups is 2. The minimum atomic E-state index is -3.88. The summed E-state index contributed by atoms with van der Waals surface area (Å²) in [4.78, 5) is 27.5. The number of carbonyl (C=O) groups excluding carboxylic acids is 2. The summed E-state index contributed by atoms with van der Waals surface area (Å²) in [6.45, 7) is 6.41. The van der Waals surface area contributed by atoms with Gasteiger partial charge in [-0.15, -0.1) is 0 Å². The van der Waals surface area contributed by atoms with Crippen LogP contribution in [-0.4, -0.2) is 57.1 Å². The summed E-state index contributed by atoms with van der Waals surface area (Å²) in [5, 5.41) is 2.77. The standard InChI is InChI=1S/C24H32FN3O5S/c1-16(2)26-24(30)18(4)27(14-19-8-10-20(25)11-9-19)23(29)15-28(34(6,31)32)21-13-17(3)7-12-22(21)33-5/h7-13,16,18H,14-15H2,1-6H3,(H,26,30). The fourth-order valence-electron chi connectivity index (χ4n) is 3.36. The van der Waals surface area contributed by atoms with Gasteiger partial charge in [-0.05, 0) is 63.1 Å². The highest BCUT2D eigenvalue weighted by molar-refractivity contribution is 7.92. The minimum absolute atomic E-state index is 0.00561. The van der Waals surface area contributed by atoms with Crippen LogP contribution >= 0.6 is 0 Å². The molecule has 0 heterocycles. The number of aryl methyl sites for hydroxylation is 1. The first kappa shape index (κ1) is 27.1. The number of hydrogen-bond acceptors (Lipinski definition) is 5. The molecule has 0 aliphatic heterocycles. The van der Waals surface area contributed by atoms with Gasteiger partial charge in [0.15, 0.2) is 0 Å². The lowest BCUT2D eigenvalue weighted by molar-refractivity contribution is -0.139. The van der Waals surface area contributed by atoms with Crippen molar-refractivity contribution in [3.8, 4) is 5.75 Å². The number of amides is 2. The van der Waals surface area contributed by atoms with E-state index in [-0.39, 0.29) is 24.2 Å². The molecule has 2 aromatic carbocycles. The van der Waals surface area contributed by atoms with E-state index in [1.807, 2.05) is 0 Å². The SMILES string of the molecule is COc1ccc(C)cc1N(CC(=O)N(Cc1ccc(F)cc1)C(C)C(=O)NC(C)C)S(C)(=O)=O. The Morgan fingerprint density at radius 1 is 1.09 bits per heavy atom. The van der Waals surface area contributed by atoms with E-state index in [4.69, 9.17) is 4.74 Å². The Kier molecular flexibility index (Phi) is 9.03. The molecule has 2 amide bonds. The Balaban J connectivity index is 2.45. The van der Waals surface area contributed by atoms with E-state index >= 15 is 0 Å². The third-order valence-corrected chi connectivity index (χ3v) is 6.27. The van der Waals surface area contributed by atoms with Crippen molar-refractivity contribution in [2.45, 2.75) is 46.3 Å². The third-order valence-electron chi connectivity index (χ3n) is 5.15. The zero-order valence-electron chi connectivity index (χ0n) is 20.3. The summed E-state index contributed by atoms with van der Waals surface area (Å²) in [5.41, 5.74) is 1.60. The first-order valence-corrected chi connectivity index (χ1v) is 12.6. The van der Waals surface area contributed by atoms with Gasteiger partial charge in [0.2, 0.25) is 21.8 Å². The van der Waals surface area contributed by atoms with Gasteiger partial charge in [0.05, 0.1) is 19.1 Å². The highest BCUT2D eigenvalue weighted by atomic mass is 32.2. The molecular weight excluding hydrogens is 461 g/mol. The molecule has 0 aliphatic rings. The van der Waals surface area contributed by atoms with Gasteiger partial charge in [0, 0.05) is 12.6 Å². The van der Waals surface area contributed by atoms with Gasteiger partial charge in [-0.2, -0.15) is 0 Å². The Morgan fingerprint density at radius 3 is 2.24 bits per heavy atom. The smallest absolute Gasteiger partial charge is 0.244 e. The summed E-state index contributed by atoms with van der Waals surface area (Å²) in [6, 6.07) is 9.51. The number of methoxy groups -OCH3 is 1.